The third-order valence-corrected chi connectivity index (χ3v) is 2.65. The second-order valence-electron chi connectivity index (χ2n) is 4.24. The highest BCUT2D eigenvalue weighted by Crippen LogP contribution is 2.18. The van der Waals surface area contributed by atoms with E-state index in [1.54, 1.807) is 7.11 Å². The van der Waals surface area contributed by atoms with Gasteiger partial charge in [-0.3, -0.25) is 0 Å². The summed E-state index contributed by atoms with van der Waals surface area (Å²) in [7, 11) is 5.80. The van der Waals surface area contributed by atoms with Crippen LogP contribution in [-0.2, 0) is 0 Å². The Hall–Kier alpha value is -1.22. The van der Waals surface area contributed by atoms with Crippen LogP contribution in [0.15, 0.2) is 24.3 Å². The predicted molar refractivity (Wildman–Crippen MR) is 69.4 cm³/mol. The molecule has 0 amide bonds. The number of hydrogen-bond acceptors (Lipinski definition) is 3. The fraction of sp³-hybridized carbons (Fsp3) is 0.538. The average molecular weight is 222 g/mol. The molecule has 0 aliphatic carbocycles. The number of rotatable bonds is 6. The zero-order valence-electron chi connectivity index (χ0n) is 10.7. The number of nitrogens with one attached hydrogen (secondary N) is 1. The first kappa shape index (κ1) is 12.8. The van der Waals surface area contributed by atoms with Crippen LogP contribution in [0.3, 0.4) is 0 Å². The maximum Gasteiger partial charge on any atom is 0.119 e. The highest BCUT2D eigenvalue weighted by atomic mass is 16.5. The van der Waals surface area contributed by atoms with Crippen molar-refractivity contribution < 1.29 is 4.74 Å². The maximum atomic E-state index is 5.14. The van der Waals surface area contributed by atoms with Gasteiger partial charge in [0.1, 0.15) is 5.75 Å². The van der Waals surface area contributed by atoms with E-state index < -0.39 is 0 Å². The van der Waals surface area contributed by atoms with Crippen molar-refractivity contribution in [1.82, 2.24) is 5.32 Å². The van der Waals surface area contributed by atoms with Crippen molar-refractivity contribution >= 4 is 5.69 Å². The highest BCUT2D eigenvalue weighted by molar-refractivity contribution is 5.48. The van der Waals surface area contributed by atoms with Gasteiger partial charge in [-0.05, 0) is 43.8 Å². The van der Waals surface area contributed by atoms with E-state index in [9.17, 15) is 0 Å². The van der Waals surface area contributed by atoms with Crippen LogP contribution in [0.1, 0.15) is 6.92 Å². The van der Waals surface area contributed by atoms with E-state index >= 15 is 0 Å². The molecule has 3 nitrogen and oxygen atoms in total. The maximum absolute atomic E-state index is 5.14. The van der Waals surface area contributed by atoms with Crippen molar-refractivity contribution in [2.24, 2.45) is 5.92 Å². The number of methoxy groups -OCH3 is 1. The summed E-state index contributed by atoms with van der Waals surface area (Å²) in [5.41, 5.74) is 1.23. The van der Waals surface area contributed by atoms with Crippen LogP contribution in [0, 0.1) is 5.92 Å². The van der Waals surface area contributed by atoms with Crippen LogP contribution in [-0.4, -0.2) is 34.3 Å². The van der Waals surface area contributed by atoms with Crippen LogP contribution in [0.4, 0.5) is 5.69 Å². The normalized spacial score (nSPS) is 12.2. The molecule has 0 saturated carbocycles. The van der Waals surface area contributed by atoms with E-state index in [1.807, 2.05) is 19.2 Å². The molecule has 16 heavy (non-hydrogen) atoms. The summed E-state index contributed by atoms with van der Waals surface area (Å²) in [4.78, 5) is 2.27. The van der Waals surface area contributed by atoms with Gasteiger partial charge in [0, 0.05) is 19.3 Å². The Balaban J connectivity index is 2.55. The van der Waals surface area contributed by atoms with Gasteiger partial charge in [0.2, 0.25) is 0 Å². The summed E-state index contributed by atoms with van der Waals surface area (Å²) in [6.07, 6.45) is 0. The molecule has 1 unspecified atom stereocenters. The topological polar surface area (TPSA) is 24.5 Å². The first-order chi connectivity index (χ1) is 7.67. The minimum Gasteiger partial charge on any atom is -0.497 e. The van der Waals surface area contributed by atoms with Crippen LogP contribution >= 0.6 is 0 Å². The molecule has 1 aromatic rings. The van der Waals surface area contributed by atoms with Crippen LogP contribution < -0.4 is 15.0 Å². The van der Waals surface area contributed by atoms with E-state index in [-0.39, 0.29) is 0 Å². The molecule has 0 aliphatic rings. The summed E-state index contributed by atoms with van der Waals surface area (Å²) >= 11 is 0. The lowest BCUT2D eigenvalue weighted by molar-refractivity contribution is 0.415. The van der Waals surface area contributed by atoms with Crippen molar-refractivity contribution in [3.63, 3.8) is 0 Å². The van der Waals surface area contributed by atoms with Crippen LogP contribution in [0.5, 0.6) is 5.75 Å². The number of anilines is 1. The lowest BCUT2D eigenvalue weighted by Crippen LogP contribution is -2.29. The number of nitrogens with zero attached hydrogens (tertiary/aromatic N) is 1. The minimum absolute atomic E-state index is 0.636. The van der Waals surface area contributed by atoms with Crippen LogP contribution in [0.2, 0.25) is 0 Å². The van der Waals surface area contributed by atoms with E-state index in [0.717, 1.165) is 18.8 Å². The Morgan fingerprint density at radius 2 is 1.94 bits per heavy atom. The number of benzene rings is 1. The minimum atomic E-state index is 0.636. The molecule has 1 N–H and O–H groups in total. The molecule has 0 spiro atoms. The van der Waals surface area contributed by atoms with Crippen molar-refractivity contribution in [2.75, 3.05) is 39.2 Å². The molecule has 0 heterocycles. The predicted octanol–water partition coefficient (Wildman–Crippen LogP) is 1.99. The Kier molecular flexibility index (Phi) is 5.12. The molecule has 3 heteroatoms. The van der Waals surface area contributed by atoms with Gasteiger partial charge in [0.25, 0.3) is 0 Å². The standard InChI is InChI=1S/C13H22N2O/c1-11(9-14-2)10-15(3)12-5-7-13(16-4)8-6-12/h5-8,11,14H,9-10H2,1-4H3. The molecule has 1 atom stereocenters. The smallest absolute Gasteiger partial charge is 0.119 e. The van der Waals surface area contributed by atoms with Gasteiger partial charge in [-0.2, -0.15) is 0 Å². The van der Waals surface area contributed by atoms with Crippen molar-refractivity contribution in [3.8, 4) is 5.75 Å². The third-order valence-electron chi connectivity index (χ3n) is 2.65. The number of hydrogen-bond donors (Lipinski definition) is 1. The molecular formula is C13H22N2O. The quantitative estimate of drug-likeness (QED) is 0.796. The zero-order valence-corrected chi connectivity index (χ0v) is 10.7. The fourth-order valence-electron chi connectivity index (χ4n) is 1.82. The Morgan fingerprint density at radius 3 is 2.44 bits per heavy atom. The number of ether oxygens (including phenoxy) is 1. The van der Waals surface area contributed by atoms with Gasteiger partial charge in [-0.15, -0.1) is 0 Å². The Morgan fingerprint density at radius 1 is 1.31 bits per heavy atom. The lowest BCUT2D eigenvalue weighted by Gasteiger charge is -2.23. The molecule has 90 valence electrons. The fourth-order valence-corrected chi connectivity index (χ4v) is 1.82. The largest absolute Gasteiger partial charge is 0.497 e. The summed E-state index contributed by atoms with van der Waals surface area (Å²) in [5, 5.41) is 3.20. The van der Waals surface area contributed by atoms with Crippen LogP contribution in [0.25, 0.3) is 0 Å². The van der Waals surface area contributed by atoms with Gasteiger partial charge in [-0.25, -0.2) is 0 Å². The van der Waals surface area contributed by atoms with Crippen molar-refractivity contribution in [1.29, 1.82) is 0 Å². The van der Waals surface area contributed by atoms with Crippen molar-refractivity contribution in [2.45, 2.75) is 6.92 Å². The molecule has 0 bridgehead atoms. The molecule has 0 fully saturated rings. The van der Waals surface area contributed by atoms with E-state index in [0.29, 0.717) is 5.92 Å². The molecule has 0 saturated heterocycles. The van der Waals surface area contributed by atoms with E-state index in [1.165, 1.54) is 5.69 Å². The SMILES string of the molecule is CNCC(C)CN(C)c1ccc(OC)cc1. The molecular weight excluding hydrogens is 200 g/mol. The molecule has 1 rings (SSSR count). The molecule has 0 aromatic heterocycles. The zero-order chi connectivity index (χ0) is 12.0. The van der Waals surface area contributed by atoms with E-state index in [2.05, 4.69) is 36.3 Å². The summed E-state index contributed by atoms with van der Waals surface area (Å²) in [6, 6.07) is 8.17. The first-order valence-corrected chi connectivity index (χ1v) is 5.67. The van der Waals surface area contributed by atoms with Gasteiger partial charge in [0.15, 0.2) is 0 Å². The lowest BCUT2D eigenvalue weighted by atomic mass is 10.1. The van der Waals surface area contributed by atoms with Gasteiger partial charge >= 0.3 is 0 Å². The van der Waals surface area contributed by atoms with Gasteiger partial charge in [-0.1, -0.05) is 6.92 Å². The summed E-state index contributed by atoms with van der Waals surface area (Å²) in [5.74, 6) is 1.54. The van der Waals surface area contributed by atoms with E-state index in [4.69, 9.17) is 4.74 Å². The molecule has 1 aromatic carbocycles. The van der Waals surface area contributed by atoms with Crippen molar-refractivity contribution in [3.05, 3.63) is 24.3 Å². The average Bonchev–Trinajstić information content (AvgIpc) is 2.29. The second-order valence-corrected chi connectivity index (χ2v) is 4.24. The Labute approximate surface area is 98.4 Å². The van der Waals surface area contributed by atoms with Gasteiger partial charge in [0.05, 0.1) is 7.11 Å². The summed E-state index contributed by atoms with van der Waals surface area (Å²) in [6.45, 7) is 4.34. The second kappa shape index (κ2) is 6.38. The monoisotopic (exact) mass is 222 g/mol. The highest BCUT2D eigenvalue weighted by Gasteiger charge is 2.06. The van der Waals surface area contributed by atoms with Gasteiger partial charge < -0.3 is 15.0 Å². The first-order valence-electron chi connectivity index (χ1n) is 5.67. The molecule has 0 aliphatic heterocycles. The summed E-state index contributed by atoms with van der Waals surface area (Å²) < 4.78 is 5.14. The third kappa shape index (κ3) is 3.74. The molecule has 0 radical (unpaired) electrons. The Bertz CT molecular complexity index is 297.